The van der Waals surface area contributed by atoms with E-state index in [1.54, 1.807) is 4.57 Å². The predicted molar refractivity (Wildman–Crippen MR) is 119 cm³/mol. The summed E-state index contributed by atoms with van der Waals surface area (Å²) in [5, 5.41) is 0.893. The number of fused-ring (bicyclic) bond motifs is 1. The summed E-state index contributed by atoms with van der Waals surface area (Å²) in [5.41, 5.74) is 1.46. The van der Waals surface area contributed by atoms with Crippen LogP contribution in [0.3, 0.4) is 0 Å². The number of rotatable bonds is 5. The molecule has 1 unspecified atom stereocenters. The van der Waals surface area contributed by atoms with Gasteiger partial charge in [-0.25, -0.2) is 4.98 Å². The zero-order chi connectivity index (χ0) is 19.6. The van der Waals surface area contributed by atoms with Crippen LogP contribution in [0, 0.1) is 3.57 Å². The molecule has 1 aliphatic heterocycles. The van der Waals surface area contributed by atoms with Crippen molar-refractivity contribution in [3.63, 3.8) is 0 Å². The smallest absolute Gasteiger partial charge is 0.262 e. The van der Waals surface area contributed by atoms with Gasteiger partial charge in [0.1, 0.15) is 0 Å². The summed E-state index contributed by atoms with van der Waals surface area (Å²) in [6, 6.07) is 5.66. The molecule has 0 radical (unpaired) electrons. The Morgan fingerprint density at radius 3 is 2.70 bits per heavy atom. The number of hydrogen-bond donors (Lipinski definition) is 0. The average molecular weight is 497 g/mol. The maximum atomic E-state index is 13.1. The number of likely N-dealkylation sites (tertiary alicyclic amines) is 1. The van der Waals surface area contributed by atoms with Crippen LogP contribution in [0.5, 0.6) is 0 Å². The number of thioether (sulfide) groups is 1. The Hall–Kier alpha value is -1.35. The van der Waals surface area contributed by atoms with Crippen LogP contribution < -0.4 is 5.56 Å². The summed E-state index contributed by atoms with van der Waals surface area (Å²) in [4.78, 5) is 32.5. The molecule has 5 nitrogen and oxygen atoms in total. The molecule has 1 saturated heterocycles. The van der Waals surface area contributed by atoms with Gasteiger partial charge in [-0.15, -0.1) is 0 Å². The third-order valence-corrected chi connectivity index (χ3v) is 6.36. The van der Waals surface area contributed by atoms with E-state index in [0.717, 1.165) is 35.1 Å². The van der Waals surface area contributed by atoms with Crippen molar-refractivity contribution in [3.05, 3.63) is 44.3 Å². The van der Waals surface area contributed by atoms with Gasteiger partial charge in [0.2, 0.25) is 5.91 Å². The Morgan fingerprint density at radius 2 is 2.04 bits per heavy atom. The van der Waals surface area contributed by atoms with E-state index >= 15 is 0 Å². The van der Waals surface area contributed by atoms with Gasteiger partial charge in [0.25, 0.3) is 5.56 Å². The number of carbonyl (C=O) groups is 1. The molecule has 0 saturated carbocycles. The number of halogens is 1. The molecule has 1 aliphatic rings. The minimum absolute atomic E-state index is 0.0818. The predicted octanol–water partition coefficient (Wildman–Crippen LogP) is 4.07. The fourth-order valence-electron chi connectivity index (χ4n) is 3.25. The van der Waals surface area contributed by atoms with Crippen LogP contribution in [0.1, 0.15) is 33.1 Å². The SMILES string of the molecule is C=C(C)Cn1c(SC(C)C(=O)N2CCCCC2)nc2ccc(I)cc2c1=O. The normalized spacial score (nSPS) is 15.7. The van der Waals surface area contributed by atoms with Crippen molar-refractivity contribution >= 4 is 51.2 Å². The number of benzene rings is 1. The molecule has 3 rings (SSSR count). The quantitative estimate of drug-likeness (QED) is 0.271. The molecule has 0 N–H and O–H groups in total. The third kappa shape index (κ3) is 4.74. The van der Waals surface area contributed by atoms with E-state index in [4.69, 9.17) is 4.98 Å². The van der Waals surface area contributed by atoms with Gasteiger partial charge in [-0.2, -0.15) is 0 Å². The highest BCUT2D eigenvalue weighted by Crippen LogP contribution is 2.26. The monoisotopic (exact) mass is 497 g/mol. The average Bonchev–Trinajstić information content (AvgIpc) is 2.65. The van der Waals surface area contributed by atoms with E-state index in [-0.39, 0.29) is 16.7 Å². The Labute approximate surface area is 177 Å². The van der Waals surface area contributed by atoms with E-state index in [1.165, 1.54) is 18.2 Å². The van der Waals surface area contributed by atoms with E-state index < -0.39 is 0 Å². The number of hydrogen-bond acceptors (Lipinski definition) is 4. The fourth-order valence-corrected chi connectivity index (χ4v) is 4.74. The summed E-state index contributed by atoms with van der Waals surface area (Å²) in [6.45, 7) is 9.79. The van der Waals surface area contributed by atoms with Crippen LogP contribution in [0.4, 0.5) is 0 Å². The summed E-state index contributed by atoms with van der Waals surface area (Å²) in [7, 11) is 0. The van der Waals surface area contributed by atoms with Gasteiger partial charge in [0.15, 0.2) is 5.16 Å². The van der Waals surface area contributed by atoms with Gasteiger partial charge in [-0.1, -0.05) is 23.9 Å². The third-order valence-electron chi connectivity index (χ3n) is 4.61. The molecular weight excluding hydrogens is 473 g/mol. The molecular formula is C20H24IN3O2S. The zero-order valence-corrected chi connectivity index (χ0v) is 18.7. The van der Waals surface area contributed by atoms with Crippen LogP contribution >= 0.6 is 34.4 Å². The summed E-state index contributed by atoms with van der Waals surface area (Å²) in [5.74, 6) is 0.124. The second kappa shape index (κ2) is 8.77. The lowest BCUT2D eigenvalue weighted by Crippen LogP contribution is -2.40. The minimum atomic E-state index is -0.285. The first kappa shape index (κ1) is 20.4. The van der Waals surface area contributed by atoms with Crippen molar-refractivity contribution < 1.29 is 4.79 Å². The second-order valence-electron chi connectivity index (χ2n) is 7.05. The van der Waals surface area contributed by atoms with Crippen molar-refractivity contribution in [1.82, 2.24) is 14.5 Å². The molecule has 0 spiro atoms. The number of aromatic nitrogens is 2. The number of carbonyl (C=O) groups excluding carboxylic acids is 1. The Bertz CT molecular complexity index is 935. The summed E-state index contributed by atoms with van der Waals surface area (Å²) in [6.07, 6.45) is 3.32. The number of piperidine rings is 1. The van der Waals surface area contributed by atoms with Crippen LogP contribution in [0.25, 0.3) is 10.9 Å². The second-order valence-corrected chi connectivity index (χ2v) is 9.60. The molecule has 2 heterocycles. The van der Waals surface area contributed by atoms with E-state index in [1.807, 2.05) is 36.9 Å². The molecule has 2 aromatic rings. The van der Waals surface area contributed by atoms with Gasteiger partial charge in [-0.05, 0) is 73.9 Å². The van der Waals surface area contributed by atoms with Gasteiger partial charge >= 0.3 is 0 Å². The lowest BCUT2D eigenvalue weighted by atomic mass is 10.1. The molecule has 1 aromatic carbocycles. The lowest BCUT2D eigenvalue weighted by molar-refractivity contribution is -0.131. The molecule has 1 fully saturated rings. The van der Waals surface area contributed by atoms with Crippen LogP contribution in [-0.4, -0.2) is 38.7 Å². The van der Waals surface area contributed by atoms with E-state index in [2.05, 4.69) is 29.2 Å². The highest BCUT2D eigenvalue weighted by Gasteiger charge is 2.25. The molecule has 27 heavy (non-hydrogen) atoms. The Morgan fingerprint density at radius 1 is 1.33 bits per heavy atom. The number of nitrogens with zero attached hydrogens (tertiary/aromatic N) is 3. The standard InChI is InChI=1S/C20H24IN3O2S/c1-13(2)12-24-19(26)16-11-15(21)7-8-17(16)22-20(24)27-14(3)18(25)23-9-5-4-6-10-23/h7-8,11,14H,1,4-6,9-10,12H2,2-3H3. The maximum Gasteiger partial charge on any atom is 0.262 e. The summed E-state index contributed by atoms with van der Waals surface area (Å²) >= 11 is 3.56. The first-order valence-corrected chi connectivity index (χ1v) is 11.1. The van der Waals surface area contributed by atoms with Crippen LogP contribution in [-0.2, 0) is 11.3 Å². The van der Waals surface area contributed by atoms with Crippen LogP contribution in [0.2, 0.25) is 0 Å². The van der Waals surface area contributed by atoms with Gasteiger partial charge < -0.3 is 4.90 Å². The van der Waals surface area contributed by atoms with E-state index in [0.29, 0.717) is 22.6 Å². The maximum absolute atomic E-state index is 13.1. The fraction of sp³-hybridized carbons (Fsp3) is 0.450. The van der Waals surface area contributed by atoms with Crippen molar-refractivity contribution in [2.75, 3.05) is 13.1 Å². The molecule has 1 atom stereocenters. The molecule has 0 bridgehead atoms. The first-order valence-electron chi connectivity index (χ1n) is 9.16. The largest absolute Gasteiger partial charge is 0.342 e. The van der Waals surface area contributed by atoms with E-state index in [9.17, 15) is 9.59 Å². The first-order chi connectivity index (χ1) is 12.9. The highest BCUT2D eigenvalue weighted by molar-refractivity contribution is 14.1. The lowest BCUT2D eigenvalue weighted by Gasteiger charge is -2.29. The van der Waals surface area contributed by atoms with Crippen molar-refractivity contribution in [2.45, 2.75) is 50.1 Å². The molecule has 144 valence electrons. The Balaban J connectivity index is 1.96. The molecule has 1 amide bonds. The van der Waals surface area contributed by atoms with Crippen LogP contribution in [0.15, 0.2) is 40.3 Å². The minimum Gasteiger partial charge on any atom is -0.342 e. The van der Waals surface area contributed by atoms with Gasteiger partial charge in [0.05, 0.1) is 16.2 Å². The topological polar surface area (TPSA) is 55.2 Å². The summed E-state index contributed by atoms with van der Waals surface area (Å²) < 4.78 is 2.64. The number of amides is 1. The van der Waals surface area contributed by atoms with Gasteiger partial charge in [-0.3, -0.25) is 14.2 Å². The molecule has 1 aromatic heterocycles. The highest BCUT2D eigenvalue weighted by atomic mass is 127. The molecule has 0 aliphatic carbocycles. The van der Waals surface area contributed by atoms with Crippen molar-refractivity contribution in [1.29, 1.82) is 0 Å². The number of allylic oxidation sites excluding steroid dienone is 1. The zero-order valence-electron chi connectivity index (χ0n) is 15.7. The van der Waals surface area contributed by atoms with Crippen molar-refractivity contribution in [2.24, 2.45) is 0 Å². The Kier molecular flexibility index (Phi) is 6.62. The van der Waals surface area contributed by atoms with Gasteiger partial charge in [0, 0.05) is 23.2 Å². The molecule has 7 heteroatoms. The van der Waals surface area contributed by atoms with Crippen molar-refractivity contribution in [3.8, 4) is 0 Å².